The Bertz CT molecular complexity index is 922. The molecule has 1 fully saturated rings. The predicted molar refractivity (Wildman–Crippen MR) is 113 cm³/mol. The van der Waals surface area contributed by atoms with Gasteiger partial charge in [0.1, 0.15) is 11.6 Å². The van der Waals surface area contributed by atoms with Crippen LogP contribution in [0, 0.1) is 5.82 Å². The number of rotatable bonds is 6. The number of primary amides is 1. The molecule has 0 aromatic heterocycles. The minimum Gasteiger partial charge on any atom is -0.483 e. The number of carbonyl (C=O) groups excluding carboxylic acids is 2. The number of nitrogens with zero attached hydrogens (tertiary/aromatic N) is 2. The van der Waals surface area contributed by atoms with Gasteiger partial charge in [-0.3, -0.25) is 14.5 Å². The number of benzene rings is 2. The van der Waals surface area contributed by atoms with Crippen LogP contribution in [0.15, 0.2) is 42.5 Å². The molecule has 1 aliphatic rings. The molecule has 0 bridgehead atoms. The zero-order valence-corrected chi connectivity index (χ0v) is 17.7. The molecular formula is C22H25ClFN3O3. The van der Waals surface area contributed by atoms with Crippen LogP contribution in [-0.2, 0) is 11.3 Å². The lowest BCUT2D eigenvalue weighted by molar-refractivity contribution is -0.139. The fourth-order valence-electron chi connectivity index (χ4n) is 3.63. The number of hydrogen-bond donors (Lipinski definition) is 1. The Labute approximate surface area is 180 Å². The largest absolute Gasteiger partial charge is 0.483 e. The van der Waals surface area contributed by atoms with Crippen LogP contribution in [-0.4, -0.2) is 53.4 Å². The van der Waals surface area contributed by atoms with E-state index in [9.17, 15) is 14.0 Å². The molecular weight excluding hydrogens is 409 g/mol. The number of hydrogen-bond acceptors (Lipinski definition) is 4. The summed E-state index contributed by atoms with van der Waals surface area (Å²) in [5.41, 5.74) is 6.53. The van der Waals surface area contributed by atoms with Gasteiger partial charge in [0.2, 0.25) is 0 Å². The van der Waals surface area contributed by atoms with Crippen molar-refractivity contribution in [1.29, 1.82) is 0 Å². The molecule has 2 amide bonds. The zero-order valence-electron chi connectivity index (χ0n) is 17.0. The summed E-state index contributed by atoms with van der Waals surface area (Å²) in [7, 11) is 0. The van der Waals surface area contributed by atoms with Gasteiger partial charge < -0.3 is 15.4 Å². The number of amides is 2. The van der Waals surface area contributed by atoms with Crippen molar-refractivity contribution >= 4 is 23.4 Å². The van der Waals surface area contributed by atoms with E-state index < -0.39 is 5.91 Å². The van der Waals surface area contributed by atoms with Gasteiger partial charge in [-0.15, -0.1) is 0 Å². The van der Waals surface area contributed by atoms with Gasteiger partial charge in [0.05, 0.1) is 5.56 Å². The van der Waals surface area contributed by atoms with Crippen LogP contribution < -0.4 is 10.5 Å². The second-order valence-corrected chi connectivity index (χ2v) is 8.03. The van der Waals surface area contributed by atoms with Gasteiger partial charge >= 0.3 is 0 Å². The molecule has 2 unspecified atom stereocenters. The lowest BCUT2D eigenvalue weighted by Gasteiger charge is -2.44. The highest BCUT2D eigenvalue weighted by Gasteiger charge is 2.32. The minimum absolute atomic E-state index is 0.0152. The SMILES string of the molecule is CC1CN(C(=O)COc2ccc(Cl)cc2C(N)=O)C(C)CN1Cc1ccc(F)cc1. The third kappa shape index (κ3) is 5.29. The molecule has 30 heavy (non-hydrogen) atoms. The van der Waals surface area contributed by atoms with E-state index >= 15 is 0 Å². The number of carbonyl (C=O) groups is 2. The van der Waals surface area contributed by atoms with Crippen LogP contribution in [0.4, 0.5) is 4.39 Å². The maximum Gasteiger partial charge on any atom is 0.260 e. The highest BCUT2D eigenvalue weighted by molar-refractivity contribution is 6.31. The van der Waals surface area contributed by atoms with Gasteiger partial charge in [-0.25, -0.2) is 4.39 Å². The first kappa shape index (κ1) is 22.1. The monoisotopic (exact) mass is 433 g/mol. The molecule has 1 heterocycles. The number of piperazine rings is 1. The van der Waals surface area contributed by atoms with Gasteiger partial charge in [-0.2, -0.15) is 0 Å². The summed E-state index contributed by atoms with van der Waals surface area (Å²) < 4.78 is 18.7. The van der Waals surface area contributed by atoms with E-state index in [-0.39, 0.29) is 41.7 Å². The van der Waals surface area contributed by atoms with Crippen molar-refractivity contribution in [3.05, 3.63) is 64.4 Å². The number of halogens is 2. The molecule has 0 aliphatic carbocycles. The van der Waals surface area contributed by atoms with Crippen LogP contribution in [0.2, 0.25) is 5.02 Å². The first-order valence-electron chi connectivity index (χ1n) is 9.74. The van der Waals surface area contributed by atoms with Crippen molar-refractivity contribution in [1.82, 2.24) is 9.80 Å². The van der Waals surface area contributed by atoms with Crippen molar-refractivity contribution in [2.75, 3.05) is 19.7 Å². The van der Waals surface area contributed by atoms with Gasteiger partial charge in [-0.05, 0) is 49.7 Å². The Morgan fingerprint density at radius 2 is 1.83 bits per heavy atom. The van der Waals surface area contributed by atoms with E-state index in [1.807, 2.05) is 6.92 Å². The highest BCUT2D eigenvalue weighted by Crippen LogP contribution is 2.23. The lowest BCUT2D eigenvalue weighted by Crippen LogP contribution is -2.58. The number of ether oxygens (including phenoxy) is 1. The first-order chi connectivity index (χ1) is 14.2. The van der Waals surface area contributed by atoms with E-state index in [0.717, 1.165) is 5.56 Å². The predicted octanol–water partition coefficient (Wildman–Crippen LogP) is 3.08. The lowest BCUT2D eigenvalue weighted by atomic mass is 10.1. The molecule has 2 aromatic carbocycles. The average molecular weight is 434 g/mol. The molecule has 2 atom stereocenters. The molecule has 1 saturated heterocycles. The van der Waals surface area contributed by atoms with Gasteiger partial charge in [0, 0.05) is 36.7 Å². The molecule has 2 N–H and O–H groups in total. The van der Waals surface area contributed by atoms with Crippen molar-refractivity contribution < 1.29 is 18.7 Å². The third-order valence-corrected chi connectivity index (χ3v) is 5.53. The molecule has 1 aliphatic heterocycles. The maximum absolute atomic E-state index is 13.1. The van der Waals surface area contributed by atoms with E-state index in [0.29, 0.717) is 24.7 Å². The van der Waals surface area contributed by atoms with Crippen molar-refractivity contribution in [2.24, 2.45) is 5.73 Å². The zero-order chi connectivity index (χ0) is 21.8. The normalized spacial score (nSPS) is 19.5. The summed E-state index contributed by atoms with van der Waals surface area (Å²) >= 11 is 5.90. The van der Waals surface area contributed by atoms with Crippen LogP contribution in [0.3, 0.4) is 0 Å². The van der Waals surface area contributed by atoms with Crippen LogP contribution in [0.5, 0.6) is 5.75 Å². The quantitative estimate of drug-likeness (QED) is 0.759. The Hall–Kier alpha value is -2.64. The fraction of sp³-hybridized carbons (Fsp3) is 0.364. The smallest absolute Gasteiger partial charge is 0.260 e. The first-order valence-corrected chi connectivity index (χ1v) is 10.1. The molecule has 0 saturated carbocycles. The molecule has 3 rings (SSSR count). The van der Waals surface area contributed by atoms with Gasteiger partial charge in [0.25, 0.3) is 11.8 Å². The molecule has 160 valence electrons. The van der Waals surface area contributed by atoms with Crippen LogP contribution in [0.1, 0.15) is 29.8 Å². The molecule has 2 aromatic rings. The summed E-state index contributed by atoms with van der Waals surface area (Å²) in [5.74, 6) is -0.857. The molecule has 0 radical (unpaired) electrons. The summed E-state index contributed by atoms with van der Waals surface area (Å²) in [4.78, 5) is 28.4. The van der Waals surface area contributed by atoms with Crippen LogP contribution >= 0.6 is 11.6 Å². The Morgan fingerprint density at radius 3 is 2.50 bits per heavy atom. The molecule has 0 spiro atoms. The summed E-state index contributed by atoms with van der Waals surface area (Å²) in [5, 5.41) is 0.363. The molecule has 8 heteroatoms. The van der Waals surface area contributed by atoms with Crippen molar-refractivity contribution in [3.8, 4) is 5.75 Å². The van der Waals surface area contributed by atoms with E-state index in [1.54, 1.807) is 23.1 Å². The Morgan fingerprint density at radius 1 is 1.13 bits per heavy atom. The summed E-state index contributed by atoms with van der Waals surface area (Å²) in [6, 6.07) is 11.1. The summed E-state index contributed by atoms with van der Waals surface area (Å²) in [6.07, 6.45) is 0. The Balaban J connectivity index is 1.60. The van der Waals surface area contributed by atoms with E-state index in [4.69, 9.17) is 22.1 Å². The fourth-order valence-corrected chi connectivity index (χ4v) is 3.81. The van der Waals surface area contributed by atoms with E-state index in [1.165, 1.54) is 24.3 Å². The van der Waals surface area contributed by atoms with Gasteiger partial charge in [0.15, 0.2) is 6.61 Å². The van der Waals surface area contributed by atoms with E-state index in [2.05, 4.69) is 11.8 Å². The Kier molecular flexibility index (Phi) is 6.95. The molecule has 6 nitrogen and oxygen atoms in total. The number of nitrogens with two attached hydrogens (primary N) is 1. The second-order valence-electron chi connectivity index (χ2n) is 7.59. The summed E-state index contributed by atoms with van der Waals surface area (Å²) in [6.45, 7) is 5.78. The topological polar surface area (TPSA) is 75.9 Å². The third-order valence-electron chi connectivity index (χ3n) is 5.29. The minimum atomic E-state index is -0.670. The van der Waals surface area contributed by atoms with Gasteiger partial charge in [-0.1, -0.05) is 23.7 Å². The second kappa shape index (κ2) is 9.45. The van der Waals surface area contributed by atoms with Crippen LogP contribution in [0.25, 0.3) is 0 Å². The van der Waals surface area contributed by atoms with Crippen molar-refractivity contribution in [3.63, 3.8) is 0 Å². The average Bonchev–Trinajstić information content (AvgIpc) is 2.70. The standard InChI is InChI=1S/C22H25ClFN3O3/c1-14-11-27(15(2)10-26(14)12-16-3-6-18(24)7-4-16)21(28)13-30-20-8-5-17(23)9-19(20)22(25)29/h3-9,14-15H,10-13H2,1-2H3,(H2,25,29). The van der Waals surface area contributed by atoms with Crippen molar-refractivity contribution in [2.45, 2.75) is 32.5 Å². The highest BCUT2D eigenvalue weighted by atomic mass is 35.5. The maximum atomic E-state index is 13.1.